The van der Waals surface area contributed by atoms with Crippen LogP contribution in [0.3, 0.4) is 0 Å². The van der Waals surface area contributed by atoms with E-state index in [4.69, 9.17) is 10.5 Å². The number of aliphatic hydroxyl groups excluding tert-OH is 1. The fraction of sp³-hybridized carbons (Fsp3) is 0.250. The van der Waals surface area contributed by atoms with Gasteiger partial charge in [0.2, 0.25) is 0 Å². The number of benzene rings is 2. The van der Waals surface area contributed by atoms with Gasteiger partial charge >= 0.3 is 0 Å². The summed E-state index contributed by atoms with van der Waals surface area (Å²) in [6.07, 6.45) is -0.699. The molecule has 0 aromatic heterocycles. The summed E-state index contributed by atoms with van der Waals surface area (Å²) in [6, 6.07) is 13.1. The zero-order valence-corrected chi connectivity index (χ0v) is 11.3. The van der Waals surface area contributed by atoms with Gasteiger partial charge in [0.25, 0.3) is 0 Å². The maximum absolute atomic E-state index is 13.4. The molecule has 0 spiro atoms. The van der Waals surface area contributed by atoms with Crippen LogP contribution in [0.5, 0.6) is 5.75 Å². The summed E-state index contributed by atoms with van der Waals surface area (Å²) in [5.41, 5.74) is 6.88. The van der Waals surface area contributed by atoms with Crippen LogP contribution in [0.2, 0.25) is 0 Å². The highest BCUT2D eigenvalue weighted by Crippen LogP contribution is 2.20. The van der Waals surface area contributed by atoms with Crippen LogP contribution >= 0.6 is 0 Å². The smallest absolute Gasteiger partial charge is 0.129 e. The molecule has 20 heavy (non-hydrogen) atoms. The molecule has 2 unspecified atom stereocenters. The van der Waals surface area contributed by atoms with Crippen molar-refractivity contribution in [1.82, 2.24) is 0 Å². The summed E-state index contributed by atoms with van der Waals surface area (Å²) in [5, 5.41) is 9.82. The number of halogens is 1. The zero-order valence-electron chi connectivity index (χ0n) is 11.3. The normalized spacial score (nSPS) is 13.8. The molecular weight excluding hydrogens is 257 g/mol. The lowest BCUT2D eigenvalue weighted by molar-refractivity contribution is 0.153. The van der Waals surface area contributed by atoms with Gasteiger partial charge in [-0.15, -0.1) is 0 Å². The topological polar surface area (TPSA) is 55.5 Å². The lowest BCUT2D eigenvalue weighted by Gasteiger charge is -2.15. The van der Waals surface area contributed by atoms with E-state index in [1.165, 1.54) is 6.07 Å². The van der Waals surface area contributed by atoms with Gasteiger partial charge in [-0.25, -0.2) is 4.39 Å². The van der Waals surface area contributed by atoms with Gasteiger partial charge in [-0.3, -0.25) is 0 Å². The number of nitrogens with two attached hydrogens (primary N) is 1. The van der Waals surface area contributed by atoms with Crippen LogP contribution in [-0.4, -0.2) is 11.1 Å². The summed E-state index contributed by atoms with van der Waals surface area (Å²) in [5.74, 6) is 0.338. The van der Waals surface area contributed by atoms with Crippen LogP contribution in [-0.2, 0) is 6.61 Å². The van der Waals surface area contributed by atoms with Crippen molar-refractivity contribution in [1.29, 1.82) is 0 Å². The summed E-state index contributed by atoms with van der Waals surface area (Å²) >= 11 is 0. The molecule has 0 saturated carbocycles. The first-order chi connectivity index (χ1) is 9.58. The molecule has 0 aliphatic carbocycles. The molecule has 0 bridgehead atoms. The Morgan fingerprint density at radius 3 is 2.40 bits per heavy atom. The minimum atomic E-state index is -0.699. The molecule has 4 heteroatoms. The quantitative estimate of drug-likeness (QED) is 0.882. The number of hydrogen-bond acceptors (Lipinski definition) is 3. The Bertz CT molecular complexity index is 555. The van der Waals surface area contributed by atoms with Crippen LogP contribution in [0.15, 0.2) is 48.5 Å². The van der Waals surface area contributed by atoms with E-state index < -0.39 is 6.10 Å². The van der Waals surface area contributed by atoms with Crippen molar-refractivity contribution >= 4 is 0 Å². The minimum Gasteiger partial charge on any atom is -0.489 e. The Balaban J connectivity index is 1.99. The van der Waals surface area contributed by atoms with Gasteiger partial charge < -0.3 is 15.6 Å². The molecule has 2 atom stereocenters. The Labute approximate surface area is 117 Å². The van der Waals surface area contributed by atoms with Crippen molar-refractivity contribution in [3.63, 3.8) is 0 Å². The standard InChI is InChI=1S/C16H18FNO2/c1-11(18)16(19)12-6-8-14(9-7-12)20-10-13-4-2-3-5-15(13)17/h2-9,11,16,19H,10,18H2,1H3. The average Bonchev–Trinajstić information content (AvgIpc) is 2.46. The predicted molar refractivity (Wildman–Crippen MR) is 75.8 cm³/mol. The second kappa shape index (κ2) is 6.50. The van der Waals surface area contributed by atoms with Crippen molar-refractivity contribution in [2.75, 3.05) is 0 Å². The van der Waals surface area contributed by atoms with Crippen LogP contribution < -0.4 is 10.5 Å². The Morgan fingerprint density at radius 1 is 1.15 bits per heavy atom. The third kappa shape index (κ3) is 3.56. The highest BCUT2D eigenvalue weighted by atomic mass is 19.1. The van der Waals surface area contributed by atoms with E-state index in [0.717, 1.165) is 5.56 Å². The molecule has 0 amide bonds. The Hall–Kier alpha value is -1.91. The highest BCUT2D eigenvalue weighted by Gasteiger charge is 2.12. The van der Waals surface area contributed by atoms with E-state index >= 15 is 0 Å². The predicted octanol–water partition coefficient (Wildman–Crippen LogP) is 2.79. The summed E-state index contributed by atoms with van der Waals surface area (Å²) < 4.78 is 18.9. The lowest BCUT2D eigenvalue weighted by Crippen LogP contribution is -2.24. The Kier molecular flexibility index (Phi) is 4.71. The molecule has 0 fully saturated rings. The van der Waals surface area contributed by atoms with Crippen molar-refractivity contribution in [3.05, 3.63) is 65.5 Å². The molecule has 2 aromatic rings. The van der Waals surface area contributed by atoms with Gasteiger partial charge in [0.15, 0.2) is 0 Å². The molecule has 3 nitrogen and oxygen atoms in total. The van der Waals surface area contributed by atoms with Crippen LogP contribution in [0.1, 0.15) is 24.2 Å². The maximum atomic E-state index is 13.4. The molecule has 0 aliphatic heterocycles. The van der Waals surface area contributed by atoms with Crippen LogP contribution in [0, 0.1) is 5.82 Å². The van der Waals surface area contributed by atoms with Crippen molar-refractivity contribution in [2.45, 2.75) is 25.7 Å². The minimum absolute atomic E-state index is 0.169. The first-order valence-electron chi connectivity index (χ1n) is 6.47. The van der Waals surface area contributed by atoms with E-state index in [-0.39, 0.29) is 18.5 Å². The zero-order chi connectivity index (χ0) is 14.5. The number of rotatable bonds is 5. The van der Waals surface area contributed by atoms with Crippen molar-refractivity contribution < 1.29 is 14.2 Å². The molecule has 106 valence electrons. The molecule has 0 heterocycles. The second-order valence-electron chi connectivity index (χ2n) is 4.75. The lowest BCUT2D eigenvalue weighted by atomic mass is 10.0. The molecule has 0 aliphatic rings. The van der Waals surface area contributed by atoms with Crippen LogP contribution in [0.25, 0.3) is 0 Å². The molecular formula is C16H18FNO2. The van der Waals surface area contributed by atoms with Crippen molar-refractivity contribution in [2.24, 2.45) is 5.73 Å². The van der Waals surface area contributed by atoms with Gasteiger partial charge in [-0.1, -0.05) is 30.3 Å². The molecule has 0 radical (unpaired) electrons. The highest BCUT2D eigenvalue weighted by molar-refractivity contribution is 5.29. The van der Waals surface area contributed by atoms with Crippen LogP contribution in [0.4, 0.5) is 4.39 Å². The molecule has 2 aromatic carbocycles. The fourth-order valence-corrected chi connectivity index (χ4v) is 1.84. The fourth-order valence-electron chi connectivity index (χ4n) is 1.84. The van der Waals surface area contributed by atoms with E-state index in [1.807, 2.05) is 0 Å². The summed E-state index contributed by atoms with van der Waals surface area (Å²) in [4.78, 5) is 0. The molecule has 2 rings (SSSR count). The van der Waals surface area contributed by atoms with Gasteiger partial charge in [-0.05, 0) is 30.7 Å². The number of ether oxygens (including phenoxy) is 1. The van der Waals surface area contributed by atoms with Gasteiger partial charge in [0, 0.05) is 11.6 Å². The van der Waals surface area contributed by atoms with Gasteiger partial charge in [-0.2, -0.15) is 0 Å². The van der Waals surface area contributed by atoms with E-state index in [2.05, 4.69) is 0 Å². The summed E-state index contributed by atoms with van der Waals surface area (Å²) in [7, 11) is 0. The largest absolute Gasteiger partial charge is 0.489 e. The molecule has 3 N–H and O–H groups in total. The SMILES string of the molecule is CC(N)C(O)c1ccc(OCc2ccccc2F)cc1. The Morgan fingerprint density at radius 2 is 1.80 bits per heavy atom. The third-order valence-electron chi connectivity index (χ3n) is 3.07. The monoisotopic (exact) mass is 275 g/mol. The first-order valence-corrected chi connectivity index (χ1v) is 6.47. The molecule has 0 saturated heterocycles. The van der Waals surface area contributed by atoms with E-state index in [0.29, 0.717) is 11.3 Å². The van der Waals surface area contributed by atoms with Gasteiger partial charge in [0.05, 0.1) is 6.10 Å². The summed E-state index contributed by atoms with van der Waals surface area (Å²) in [6.45, 7) is 1.91. The van der Waals surface area contributed by atoms with Crippen molar-refractivity contribution in [3.8, 4) is 5.75 Å². The number of hydrogen-bond donors (Lipinski definition) is 2. The first kappa shape index (κ1) is 14.5. The van der Waals surface area contributed by atoms with E-state index in [1.54, 1.807) is 49.4 Å². The van der Waals surface area contributed by atoms with E-state index in [9.17, 15) is 9.50 Å². The van der Waals surface area contributed by atoms with Gasteiger partial charge in [0.1, 0.15) is 18.2 Å². The second-order valence-corrected chi connectivity index (χ2v) is 4.75. The number of aliphatic hydroxyl groups is 1. The average molecular weight is 275 g/mol. The maximum Gasteiger partial charge on any atom is 0.129 e. The third-order valence-corrected chi connectivity index (χ3v) is 3.07.